The van der Waals surface area contributed by atoms with E-state index in [9.17, 15) is 17.9 Å². The minimum Gasteiger partial charge on any atom is -0.481 e. The maximum absolute atomic E-state index is 12.4. The smallest absolute Gasteiger partial charge is 0.314 e. The molecule has 0 amide bonds. The number of piperidine rings is 1. The summed E-state index contributed by atoms with van der Waals surface area (Å²) < 4.78 is 36.5. The van der Waals surface area contributed by atoms with Crippen molar-refractivity contribution in [3.63, 3.8) is 0 Å². The number of aliphatic carboxylic acids is 1. The van der Waals surface area contributed by atoms with Crippen LogP contribution in [0.1, 0.15) is 41.4 Å². The number of likely N-dealkylation sites (tertiary alicyclic amines) is 1. The number of carboxylic acid groups (broad SMARTS) is 1. The highest BCUT2D eigenvalue weighted by molar-refractivity contribution is 5.81. The van der Waals surface area contributed by atoms with Crippen molar-refractivity contribution in [3.8, 4) is 6.07 Å². The van der Waals surface area contributed by atoms with Crippen LogP contribution in [-0.4, -0.2) is 35.6 Å². The molecule has 0 spiro atoms. The number of benzene rings is 3. The van der Waals surface area contributed by atoms with Gasteiger partial charge in [-0.1, -0.05) is 91.0 Å². The quantitative estimate of drug-likeness (QED) is 0.575. The molecule has 0 atom stereocenters. The van der Waals surface area contributed by atoms with E-state index in [0.29, 0.717) is 16.7 Å². The van der Waals surface area contributed by atoms with Gasteiger partial charge in [0.15, 0.2) is 0 Å². The SMILES string of the molecule is [2H]C([2H])(N1CCC(C(=O)O)(c2ccccc2)CC1)C([2H])([2H])C(C#N)(c1ccccc1)c1ccccc1. The average molecular weight is 429 g/mol. The van der Waals surface area contributed by atoms with Gasteiger partial charge in [-0.2, -0.15) is 5.26 Å². The van der Waals surface area contributed by atoms with Crippen LogP contribution in [0.2, 0.25) is 0 Å². The van der Waals surface area contributed by atoms with Gasteiger partial charge in [0.05, 0.1) is 11.5 Å². The van der Waals surface area contributed by atoms with Crippen molar-refractivity contribution in [1.82, 2.24) is 4.90 Å². The second kappa shape index (κ2) is 9.38. The topological polar surface area (TPSA) is 64.3 Å². The molecule has 32 heavy (non-hydrogen) atoms. The van der Waals surface area contributed by atoms with Gasteiger partial charge in [-0.3, -0.25) is 4.79 Å². The maximum atomic E-state index is 12.4. The van der Waals surface area contributed by atoms with Crippen LogP contribution in [-0.2, 0) is 15.6 Å². The first-order valence-electron chi connectivity index (χ1n) is 12.7. The molecular weight excluding hydrogens is 396 g/mol. The van der Waals surface area contributed by atoms with Gasteiger partial charge in [0.25, 0.3) is 0 Å². The summed E-state index contributed by atoms with van der Waals surface area (Å²) in [6, 6.07) is 28.0. The Balaban J connectivity index is 1.75. The van der Waals surface area contributed by atoms with Crippen LogP contribution < -0.4 is 0 Å². The normalized spacial score (nSPS) is 19.0. The van der Waals surface area contributed by atoms with E-state index < -0.39 is 29.7 Å². The van der Waals surface area contributed by atoms with E-state index in [1.807, 2.05) is 6.07 Å². The molecule has 4 heteroatoms. The average Bonchev–Trinajstić information content (AvgIpc) is 2.91. The van der Waals surface area contributed by atoms with Crippen LogP contribution in [0.3, 0.4) is 0 Å². The lowest BCUT2D eigenvalue weighted by Crippen LogP contribution is -2.48. The van der Waals surface area contributed by atoms with E-state index >= 15 is 0 Å². The van der Waals surface area contributed by atoms with Crippen LogP contribution in [0.25, 0.3) is 0 Å². The van der Waals surface area contributed by atoms with Crippen LogP contribution in [0, 0.1) is 11.3 Å². The van der Waals surface area contributed by atoms with Gasteiger partial charge in [-0.15, -0.1) is 0 Å². The molecule has 1 fully saturated rings. The second-order valence-corrected chi connectivity index (χ2v) is 8.07. The molecule has 0 aliphatic carbocycles. The molecule has 0 aromatic heterocycles. The largest absolute Gasteiger partial charge is 0.481 e. The zero-order valence-corrected chi connectivity index (χ0v) is 17.7. The van der Waals surface area contributed by atoms with Crippen molar-refractivity contribution >= 4 is 5.97 Å². The molecule has 1 saturated heterocycles. The summed E-state index contributed by atoms with van der Waals surface area (Å²) in [6.45, 7) is -2.53. The Morgan fingerprint density at radius 3 is 1.84 bits per heavy atom. The summed E-state index contributed by atoms with van der Waals surface area (Å²) in [6.07, 6.45) is -2.45. The van der Waals surface area contributed by atoms with Crippen molar-refractivity contribution in [2.45, 2.75) is 30.0 Å². The summed E-state index contributed by atoms with van der Waals surface area (Å²) in [4.78, 5) is 13.7. The molecule has 1 aliphatic rings. The lowest BCUT2D eigenvalue weighted by atomic mass is 9.71. The fourth-order valence-electron chi connectivity index (χ4n) is 4.39. The third kappa shape index (κ3) is 4.04. The molecule has 4 nitrogen and oxygen atoms in total. The van der Waals surface area contributed by atoms with E-state index in [2.05, 4.69) is 6.07 Å². The molecule has 162 valence electrons. The van der Waals surface area contributed by atoms with Gasteiger partial charge in [0.1, 0.15) is 5.41 Å². The van der Waals surface area contributed by atoms with Gasteiger partial charge in [-0.05, 0) is 49.0 Å². The highest BCUT2D eigenvalue weighted by atomic mass is 16.4. The number of hydrogen-bond donors (Lipinski definition) is 1. The Labute approximate surface area is 195 Å². The second-order valence-electron chi connectivity index (χ2n) is 8.07. The van der Waals surface area contributed by atoms with Crippen molar-refractivity contribution in [2.75, 3.05) is 19.6 Å². The molecule has 1 heterocycles. The van der Waals surface area contributed by atoms with Crippen LogP contribution in [0.15, 0.2) is 91.0 Å². The first kappa shape index (κ1) is 17.2. The maximum Gasteiger partial charge on any atom is 0.314 e. The molecular formula is C28H28N2O2. The van der Waals surface area contributed by atoms with Crippen LogP contribution >= 0.6 is 0 Å². The molecule has 0 bridgehead atoms. The molecule has 0 saturated carbocycles. The summed E-state index contributed by atoms with van der Waals surface area (Å²) in [5.41, 5.74) is -1.76. The number of hydrogen-bond acceptors (Lipinski definition) is 3. The first-order chi connectivity index (χ1) is 17.1. The van der Waals surface area contributed by atoms with Gasteiger partial charge >= 0.3 is 5.97 Å². The number of rotatable bonds is 7. The highest BCUT2D eigenvalue weighted by Gasteiger charge is 2.43. The third-order valence-corrected chi connectivity index (χ3v) is 6.34. The van der Waals surface area contributed by atoms with E-state index in [1.54, 1.807) is 84.9 Å². The lowest BCUT2D eigenvalue weighted by molar-refractivity contribution is -0.146. The molecule has 0 radical (unpaired) electrons. The number of carbonyl (C=O) groups is 1. The Bertz CT molecular complexity index is 1200. The molecule has 3 aromatic carbocycles. The van der Waals surface area contributed by atoms with Gasteiger partial charge < -0.3 is 10.0 Å². The van der Waals surface area contributed by atoms with Crippen molar-refractivity contribution in [2.24, 2.45) is 0 Å². The minimum atomic E-state index is -2.70. The van der Waals surface area contributed by atoms with E-state index in [0.717, 1.165) is 0 Å². The summed E-state index contributed by atoms with van der Waals surface area (Å²) in [5.74, 6) is -0.975. The Hall–Kier alpha value is -3.42. The standard InChI is InChI=1S/C28H28N2O2/c29-22-28(24-12-6-2-7-13-24,25-14-8-3-9-15-25)18-21-30-19-16-27(17-20-30,26(31)32)23-10-4-1-5-11-23/h1-15H,16-21H2,(H,31,32)/i18D2,21D2. The zero-order valence-electron chi connectivity index (χ0n) is 21.7. The molecule has 0 unspecified atom stereocenters. The Morgan fingerprint density at radius 1 is 0.938 bits per heavy atom. The zero-order chi connectivity index (χ0) is 26.0. The lowest BCUT2D eigenvalue weighted by Gasteiger charge is -2.40. The third-order valence-electron chi connectivity index (χ3n) is 6.34. The van der Waals surface area contributed by atoms with Gasteiger partial charge in [0, 0.05) is 12.0 Å². The van der Waals surface area contributed by atoms with Crippen LogP contribution in [0.5, 0.6) is 0 Å². The van der Waals surface area contributed by atoms with Crippen molar-refractivity contribution in [1.29, 1.82) is 5.26 Å². The van der Waals surface area contributed by atoms with Gasteiger partial charge in [-0.25, -0.2) is 0 Å². The fourth-order valence-corrected chi connectivity index (χ4v) is 4.39. The monoisotopic (exact) mass is 428 g/mol. The highest BCUT2D eigenvalue weighted by Crippen LogP contribution is 2.38. The van der Waals surface area contributed by atoms with E-state index in [-0.39, 0.29) is 25.9 Å². The van der Waals surface area contributed by atoms with Crippen molar-refractivity contribution < 1.29 is 15.4 Å². The number of nitriles is 1. The number of nitrogens with zero attached hydrogens (tertiary/aromatic N) is 2. The van der Waals surface area contributed by atoms with Gasteiger partial charge in [0.2, 0.25) is 0 Å². The van der Waals surface area contributed by atoms with E-state index in [4.69, 9.17) is 2.74 Å². The first-order valence-corrected chi connectivity index (χ1v) is 10.7. The molecule has 1 aliphatic heterocycles. The summed E-state index contributed by atoms with van der Waals surface area (Å²) in [5, 5.41) is 20.7. The molecule has 4 rings (SSSR count). The van der Waals surface area contributed by atoms with E-state index in [1.165, 1.54) is 4.90 Å². The summed E-state index contributed by atoms with van der Waals surface area (Å²) in [7, 11) is 0. The summed E-state index contributed by atoms with van der Waals surface area (Å²) >= 11 is 0. The predicted octanol–water partition coefficient (Wildman–Crippen LogP) is 5.00. The van der Waals surface area contributed by atoms with Crippen LogP contribution in [0.4, 0.5) is 0 Å². The Morgan fingerprint density at radius 2 is 1.41 bits per heavy atom. The fraction of sp³-hybridized carbons (Fsp3) is 0.286. The van der Waals surface area contributed by atoms with Crippen molar-refractivity contribution in [3.05, 3.63) is 108 Å². The number of carboxylic acids is 1. The Kier molecular flexibility index (Phi) is 5.03. The minimum absolute atomic E-state index is 0.0266. The predicted molar refractivity (Wildman–Crippen MR) is 125 cm³/mol. The molecule has 1 N–H and O–H groups in total. The molecule has 3 aromatic rings.